The molecule has 0 aromatic heterocycles. The number of sulfonamides is 1. The molecule has 2 aromatic rings. The number of rotatable bonds is 4. The molecule has 5 nitrogen and oxygen atoms in total. The molecule has 2 heterocycles. The predicted octanol–water partition coefficient (Wildman–Crippen LogP) is 3.86. The molecule has 0 bridgehead atoms. The zero-order valence-electron chi connectivity index (χ0n) is 16.4. The lowest BCUT2D eigenvalue weighted by molar-refractivity contribution is -0.123. The van der Waals surface area contributed by atoms with Crippen LogP contribution in [-0.4, -0.2) is 37.8 Å². The first kappa shape index (κ1) is 20.4. The van der Waals surface area contributed by atoms with E-state index >= 15 is 0 Å². The van der Waals surface area contributed by atoms with E-state index in [2.05, 4.69) is 13.0 Å². The lowest BCUT2D eigenvalue weighted by Gasteiger charge is -2.34. The van der Waals surface area contributed by atoms with Crippen LogP contribution in [0.5, 0.6) is 0 Å². The molecule has 4 rings (SSSR count). The number of amides is 1. The van der Waals surface area contributed by atoms with Crippen molar-refractivity contribution in [3.8, 4) is 0 Å². The first-order chi connectivity index (χ1) is 13.8. The van der Waals surface area contributed by atoms with E-state index in [0.29, 0.717) is 31.0 Å². The summed E-state index contributed by atoms with van der Waals surface area (Å²) in [5, 5.41) is 0.586. The van der Waals surface area contributed by atoms with Crippen molar-refractivity contribution in [2.24, 2.45) is 5.92 Å². The Morgan fingerprint density at radius 3 is 2.41 bits per heavy atom. The van der Waals surface area contributed by atoms with Crippen LogP contribution >= 0.6 is 11.6 Å². The molecule has 0 aliphatic carbocycles. The van der Waals surface area contributed by atoms with Gasteiger partial charge in [0.25, 0.3) is 0 Å². The summed E-state index contributed by atoms with van der Waals surface area (Å²) in [6, 6.07) is 15.1. The van der Waals surface area contributed by atoms with Gasteiger partial charge in [0.05, 0.1) is 5.75 Å². The number of carbonyl (C=O) groups excluding carboxylic acids is 1. The highest BCUT2D eigenvalue weighted by atomic mass is 35.5. The summed E-state index contributed by atoms with van der Waals surface area (Å²) in [6.07, 6.45) is 1.99. The van der Waals surface area contributed by atoms with Gasteiger partial charge in [0.15, 0.2) is 0 Å². The summed E-state index contributed by atoms with van der Waals surface area (Å²) in [5.41, 5.74) is 2.93. The number of fused-ring (bicyclic) bond motifs is 1. The normalized spacial score (nSPS) is 20.6. The second-order valence-corrected chi connectivity index (χ2v) is 10.4. The van der Waals surface area contributed by atoms with Crippen LogP contribution in [0.1, 0.15) is 30.9 Å². The first-order valence-electron chi connectivity index (χ1n) is 9.98. The SMILES string of the molecule is C[C@H]1Cc2ccccc2N1C(=O)C1CCN(S(=O)(=O)Cc2ccc(Cl)cc2)CC1. The molecule has 0 radical (unpaired) electrons. The molecular formula is C22H25ClN2O3S. The molecular weight excluding hydrogens is 408 g/mol. The van der Waals surface area contributed by atoms with Crippen LogP contribution in [0, 0.1) is 5.92 Å². The number of halogens is 1. The molecule has 2 aliphatic rings. The monoisotopic (exact) mass is 432 g/mol. The van der Waals surface area contributed by atoms with Crippen molar-refractivity contribution in [3.05, 3.63) is 64.7 Å². The summed E-state index contributed by atoms with van der Waals surface area (Å²) >= 11 is 5.88. The van der Waals surface area contributed by atoms with E-state index in [1.54, 1.807) is 24.3 Å². The van der Waals surface area contributed by atoms with Crippen LogP contribution in [0.15, 0.2) is 48.5 Å². The molecule has 1 fully saturated rings. The maximum absolute atomic E-state index is 13.2. The van der Waals surface area contributed by atoms with E-state index in [-0.39, 0.29) is 23.6 Å². The number of anilines is 1. The molecule has 154 valence electrons. The van der Waals surface area contributed by atoms with Gasteiger partial charge in [-0.2, -0.15) is 0 Å². The van der Waals surface area contributed by atoms with Crippen molar-refractivity contribution >= 4 is 33.2 Å². The van der Waals surface area contributed by atoms with E-state index < -0.39 is 10.0 Å². The second-order valence-electron chi connectivity index (χ2n) is 7.95. The third-order valence-electron chi connectivity index (χ3n) is 5.90. The van der Waals surface area contributed by atoms with Gasteiger partial charge >= 0.3 is 0 Å². The van der Waals surface area contributed by atoms with Crippen LogP contribution in [0.25, 0.3) is 0 Å². The van der Waals surface area contributed by atoms with Crippen LogP contribution in [0.4, 0.5) is 5.69 Å². The minimum Gasteiger partial charge on any atom is -0.309 e. The predicted molar refractivity (Wildman–Crippen MR) is 115 cm³/mol. The van der Waals surface area contributed by atoms with Crippen LogP contribution in [-0.2, 0) is 27.0 Å². The highest BCUT2D eigenvalue weighted by molar-refractivity contribution is 7.88. The van der Waals surface area contributed by atoms with Gasteiger partial charge in [0.1, 0.15) is 0 Å². The van der Waals surface area contributed by atoms with Crippen molar-refractivity contribution in [2.75, 3.05) is 18.0 Å². The maximum atomic E-state index is 13.2. The molecule has 0 spiro atoms. The van der Waals surface area contributed by atoms with Gasteiger partial charge in [-0.15, -0.1) is 0 Å². The molecule has 29 heavy (non-hydrogen) atoms. The highest BCUT2D eigenvalue weighted by Crippen LogP contribution is 2.35. The number of nitrogens with zero attached hydrogens (tertiary/aromatic N) is 2. The van der Waals surface area contributed by atoms with E-state index in [0.717, 1.165) is 17.7 Å². The quantitative estimate of drug-likeness (QED) is 0.737. The van der Waals surface area contributed by atoms with Crippen molar-refractivity contribution < 1.29 is 13.2 Å². The highest BCUT2D eigenvalue weighted by Gasteiger charge is 2.37. The average molecular weight is 433 g/mol. The smallest absolute Gasteiger partial charge is 0.230 e. The van der Waals surface area contributed by atoms with Gasteiger partial charge < -0.3 is 4.90 Å². The fourth-order valence-electron chi connectivity index (χ4n) is 4.36. The van der Waals surface area contributed by atoms with Gasteiger partial charge in [0, 0.05) is 35.8 Å². The Labute approximate surface area is 177 Å². The number of para-hydroxylation sites is 1. The lowest BCUT2D eigenvalue weighted by atomic mass is 9.96. The molecule has 1 saturated heterocycles. The molecule has 2 aromatic carbocycles. The average Bonchev–Trinajstić information content (AvgIpc) is 3.05. The minimum atomic E-state index is -3.41. The lowest BCUT2D eigenvalue weighted by Crippen LogP contribution is -2.46. The fraction of sp³-hybridized carbons (Fsp3) is 0.409. The van der Waals surface area contributed by atoms with E-state index in [9.17, 15) is 13.2 Å². The Morgan fingerprint density at radius 1 is 1.07 bits per heavy atom. The molecule has 0 N–H and O–H groups in total. The summed E-state index contributed by atoms with van der Waals surface area (Å²) in [7, 11) is -3.41. The Balaban J connectivity index is 1.40. The van der Waals surface area contributed by atoms with Crippen molar-refractivity contribution in [3.63, 3.8) is 0 Å². The molecule has 0 saturated carbocycles. The van der Waals surface area contributed by atoms with Gasteiger partial charge in [0.2, 0.25) is 15.9 Å². The molecule has 0 unspecified atom stereocenters. The van der Waals surface area contributed by atoms with E-state index in [4.69, 9.17) is 11.6 Å². The molecule has 1 atom stereocenters. The first-order valence-corrected chi connectivity index (χ1v) is 12.0. The molecule has 2 aliphatic heterocycles. The number of benzene rings is 2. The largest absolute Gasteiger partial charge is 0.309 e. The van der Waals surface area contributed by atoms with Gasteiger partial charge in [-0.25, -0.2) is 12.7 Å². The Hall–Kier alpha value is -1.89. The van der Waals surface area contributed by atoms with Crippen LogP contribution in [0.2, 0.25) is 5.02 Å². The molecule has 1 amide bonds. The van der Waals surface area contributed by atoms with Crippen molar-refractivity contribution in [1.82, 2.24) is 4.31 Å². The van der Waals surface area contributed by atoms with Gasteiger partial charge in [-0.3, -0.25) is 4.79 Å². The van der Waals surface area contributed by atoms with E-state index in [1.165, 1.54) is 9.87 Å². The van der Waals surface area contributed by atoms with E-state index in [1.807, 2.05) is 23.1 Å². The fourth-order valence-corrected chi connectivity index (χ4v) is 6.05. The number of hydrogen-bond donors (Lipinski definition) is 0. The Bertz CT molecular complexity index is 999. The standard InChI is InChI=1S/C22H25ClN2O3S/c1-16-14-19-4-2-3-5-21(19)25(16)22(26)18-10-12-24(13-11-18)29(27,28)15-17-6-8-20(23)9-7-17/h2-9,16,18H,10-15H2,1H3/t16-/m0/s1. The maximum Gasteiger partial charge on any atom is 0.230 e. The topological polar surface area (TPSA) is 57.7 Å². The summed E-state index contributed by atoms with van der Waals surface area (Å²) in [5.74, 6) is -0.0537. The minimum absolute atomic E-state index is 0.0423. The molecule has 7 heteroatoms. The summed E-state index contributed by atoms with van der Waals surface area (Å²) in [4.78, 5) is 15.1. The number of hydrogen-bond acceptors (Lipinski definition) is 3. The second kappa shape index (κ2) is 8.09. The van der Waals surface area contributed by atoms with Crippen molar-refractivity contribution in [2.45, 2.75) is 38.0 Å². The zero-order valence-corrected chi connectivity index (χ0v) is 18.0. The third kappa shape index (κ3) is 4.20. The summed E-state index contributed by atoms with van der Waals surface area (Å²) < 4.78 is 27.1. The summed E-state index contributed by atoms with van der Waals surface area (Å²) in [6.45, 7) is 2.84. The van der Waals surface area contributed by atoms with Gasteiger partial charge in [-0.1, -0.05) is 41.9 Å². The van der Waals surface area contributed by atoms with Crippen LogP contribution < -0.4 is 4.90 Å². The number of carbonyl (C=O) groups is 1. The zero-order chi connectivity index (χ0) is 20.6. The Morgan fingerprint density at radius 2 is 1.72 bits per heavy atom. The third-order valence-corrected chi connectivity index (χ3v) is 8.01. The van der Waals surface area contributed by atoms with Gasteiger partial charge in [-0.05, 0) is 55.5 Å². The van der Waals surface area contributed by atoms with Crippen LogP contribution in [0.3, 0.4) is 0 Å². The Kier molecular flexibility index (Phi) is 5.69. The van der Waals surface area contributed by atoms with Crippen molar-refractivity contribution in [1.29, 1.82) is 0 Å². The number of piperidine rings is 1.